The zero-order valence-electron chi connectivity index (χ0n) is 12.1. The summed E-state index contributed by atoms with van der Waals surface area (Å²) < 4.78 is 0. The number of nitrogens with one attached hydrogen (secondary N) is 2. The highest BCUT2D eigenvalue weighted by Crippen LogP contribution is 2.30. The SMILES string of the molecule is CN(C)c1ccc(C[C@H]2CNC3(CCCC3)N2)cc1. The first-order chi connectivity index (χ1) is 9.17. The largest absolute Gasteiger partial charge is 0.378 e. The van der Waals surface area contributed by atoms with Crippen LogP contribution in [0.1, 0.15) is 31.2 Å². The third-order valence-corrected chi connectivity index (χ3v) is 4.56. The number of benzene rings is 1. The number of rotatable bonds is 3. The molecule has 3 nitrogen and oxygen atoms in total. The van der Waals surface area contributed by atoms with E-state index in [9.17, 15) is 0 Å². The molecule has 3 rings (SSSR count). The molecule has 1 spiro atoms. The van der Waals surface area contributed by atoms with Crippen molar-refractivity contribution >= 4 is 5.69 Å². The Morgan fingerprint density at radius 2 is 1.84 bits per heavy atom. The van der Waals surface area contributed by atoms with E-state index < -0.39 is 0 Å². The molecule has 0 radical (unpaired) electrons. The molecule has 0 unspecified atom stereocenters. The third kappa shape index (κ3) is 2.77. The van der Waals surface area contributed by atoms with Crippen LogP contribution in [0.5, 0.6) is 0 Å². The molecule has 1 aliphatic carbocycles. The van der Waals surface area contributed by atoms with E-state index >= 15 is 0 Å². The van der Waals surface area contributed by atoms with Gasteiger partial charge in [-0.2, -0.15) is 0 Å². The highest BCUT2D eigenvalue weighted by atomic mass is 15.3. The molecular formula is C16H25N3. The van der Waals surface area contributed by atoms with Gasteiger partial charge < -0.3 is 4.90 Å². The Labute approximate surface area is 116 Å². The van der Waals surface area contributed by atoms with Crippen LogP contribution in [0.25, 0.3) is 0 Å². The van der Waals surface area contributed by atoms with E-state index in [1.165, 1.54) is 36.9 Å². The summed E-state index contributed by atoms with van der Waals surface area (Å²) in [6.45, 7) is 1.11. The summed E-state index contributed by atoms with van der Waals surface area (Å²) in [5.74, 6) is 0. The van der Waals surface area contributed by atoms with Gasteiger partial charge in [-0.25, -0.2) is 0 Å². The fraction of sp³-hybridized carbons (Fsp3) is 0.625. The molecule has 2 aliphatic rings. The highest BCUT2D eigenvalue weighted by Gasteiger charge is 2.39. The van der Waals surface area contributed by atoms with Crippen molar-refractivity contribution in [1.29, 1.82) is 0 Å². The lowest BCUT2D eigenvalue weighted by Gasteiger charge is -2.24. The van der Waals surface area contributed by atoms with Crippen LogP contribution in [0.15, 0.2) is 24.3 Å². The molecule has 1 aliphatic heterocycles. The Kier molecular flexibility index (Phi) is 3.50. The molecule has 0 amide bonds. The van der Waals surface area contributed by atoms with Crippen molar-refractivity contribution in [2.45, 2.75) is 43.8 Å². The fourth-order valence-corrected chi connectivity index (χ4v) is 3.45. The standard InChI is InChI=1S/C16H25N3/c1-19(2)15-7-5-13(6-8-15)11-14-12-17-16(18-14)9-3-4-10-16/h5-8,14,17-18H,3-4,9-12H2,1-2H3/t14-/m0/s1. The van der Waals surface area contributed by atoms with Crippen molar-refractivity contribution in [2.24, 2.45) is 0 Å². The molecular weight excluding hydrogens is 234 g/mol. The van der Waals surface area contributed by atoms with Gasteiger partial charge in [0.05, 0.1) is 5.66 Å². The number of hydrogen-bond acceptors (Lipinski definition) is 3. The number of hydrogen-bond donors (Lipinski definition) is 2. The van der Waals surface area contributed by atoms with Crippen molar-refractivity contribution in [1.82, 2.24) is 10.6 Å². The van der Waals surface area contributed by atoms with Gasteiger partial charge in [0.2, 0.25) is 0 Å². The second-order valence-electron chi connectivity index (χ2n) is 6.28. The van der Waals surface area contributed by atoms with Crippen LogP contribution in [0.3, 0.4) is 0 Å². The quantitative estimate of drug-likeness (QED) is 0.871. The van der Waals surface area contributed by atoms with E-state index in [-0.39, 0.29) is 5.66 Å². The van der Waals surface area contributed by atoms with E-state index in [2.05, 4.69) is 53.9 Å². The third-order valence-electron chi connectivity index (χ3n) is 4.56. The Balaban J connectivity index is 1.60. The van der Waals surface area contributed by atoms with Gasteiger partial charge in [0.25, 0.3) is 0 Å². The summed E-state index contributed by atoms with van der Waals surface area (Å²) in [4.78, 5) is 2.15. The summed E-state index contributed by atoms with van der Waals surface area (Å²) in [7, 11) is 4.17. The normalized spacial score (nSPS) is 25.1. The zero-order valence-corrected chi connectivity index (χ0v) is 12.1. The molecule has 1 saturated carbocycles. The van der Waals surface area contributed by atoms with Gasteiger partial charge in [0.15, 0.2) is 0 Å². The molecule has 19 heavy (non-hydrogen) atoms. The maximum absolute atomic E-state index is 3.83. The van der Waals surface area contributed by atoms with Gasteiger partial charge in [-0.15, -0.1) is 0 Å². The Bertz CT molecular complexity index is 418. The van der Waals surface area contributed by atoms with Gasteiger partial charge in [0.1, 0.15) is 0 Å². The lowest BCUT2D eigenvalue weighted by Crippen LogP contribution is -2.47. The van der Waals surface area contributed by atoms with Crippen LogP contribution in [0.2, 0.25) is 0 Å². The van der Waals surface area contributed by atoms with Gasteiger partial charge in [-0.1, -0.05) is 25.0 Å². The topological polar surface area (TPSA) is 27.3 Å². The molecule has 2 N–H and O–H groups in total. The second-order valence-corrected chi connectivity index (χ2v) is 6.28. The molecule has 2 fully saturated rings. The summed E-state index contributed by atoms with van der Waals surface area (Å²) in [5, 5.41) is 7.54. The molecule has 3 heteroatoms. The molecule has 1 aromatic carbocycles. The van der Waals surface area contributed by atoms with Crippen LogP contribution < -0.4 is 15.5 Å². The Morgan fingerprint density at radius 1 is 1.16 bits per heavy atom. The molecule has 104 valence electrons. The second kappa shape index (κ2) is 5.14. The molecule has 1 saturated heterocycles. The fourth-order valence-electron chi connectivity index (χ4n) is 3.45. The Morgan fingerprint density at radius 3 is 2.47 bits per heavy atom. The first-order valence-corrected chi connectivity index (χ1v) is 7.46. The highest BCUT2D eigenvalue weighted by molar-refractivity contribution is 5.46. The summed E-state index contributed by atoms with van der Waals surface area (Å²) >= 11 is 0. The van der Waals surface area contributed by atoms with Crippen LogP contribution >= 0.6 is 0 Å². The molecule has 1 heterocycles. The van der Waals surface area contributed by atoms with E-state index in [0.29, 0.717) is 6.04 Å². The predicted molar refractivity (Wildman–Crippen MR) is 80.6 cm³/mol. The molecule has 0 bridgehead atoms. The van der Waals surface area contributed by atoms with E-state index in [1.807, 2.05) is 0 Å². The maximum Gasteiger partial charge on any atom is 0.0690 e. The Hall–Kier alpha value is -1.06. The van der Waals surface area contributed by atoms with Crippen molar-refractivity contribution in [3.63, 3.8) is 0 Å². The molecule has 0 aromatic heterocycles. The molecule has 1 atom stereocenters. The van der Waals surface area contributed by atoms with Gasteiger partial charge in [-0.3, -0.25) is 10.6 Å². The van der Waals surface area contributed by atoms with Crippen molar-refractivity contribution in [3.05, 3.63) is 29.8 Å². The zero-order chi connectivity index (χ0) is 13.3. The molecule has 1 aromatic rings. The predicted octanol–water partition coefficient (Wildman–Crippen LogP) is 2.13. The maximum atomic E-state index is 3.83. The van der Waals surface area contributed by atoms with Crippen LogP contribution in [-0.2, 0) is 6.42 Å². The first kappa shape index (κ1) is 12.9. The van der Waals surface area contributed by atoms with E-state index in [0.717, 1.165) is 13.0 Å². The number of anilines is 1. The monoisotopic (exact) mass is 259 g/mol. The lowest BCUT2D eigenvalue weighted by atomic mass is 10.1. The van der Waals surface area contributed by atoms with Gasteiger partial charge >= 0.3 is 0 Å². The van der Waals surface area contributed by atoms with Gasteiger partial charge in [0, 0.05) is 32.4 Å². The summed E-state index contributed by atoms with van der Waals surface area (Å²) in [5.41, 5.74) is 2.97. The number of nitrogens with zero attached hydrogens (tertiary/aromatic N) is 1. The van der Waals surface area contributed by atoms with Crippen molar-refractivity contribution in [3.8, 4) is 0 Å². The smallest absolute Gasteiger partial charge is 0.0690 e. The van der Waals surface area contributed by atoms with Crippen LogP contribution in [0, 0.1) is 0 Å². The minimum absolute atomic E-state index is 0.272. The van der Waals surface area contributed by atoms with Crippen molar-refractivity contribution < 1.29 is 0 Å². The average molecular weight is 259 g/mol. The van der Waals surface area contributed by atoms with Crippen LogP contribution in [-0.4, -0.2) is 32.3 Å². The summed E-state index contributed by atoms with van der Waals surface area (Å²) in [6.07, 6.45) is 6.45. The van der Waals surface area contributed by atoms with E-state index in [4.69, 9.17) is 0 Å². The van der Waals surface area contributed by atoms with E-state index in [1.54, 1.807) is 0 Å². The average Bonchev–Trinajstić information content (AvgIpc) is 3.01. The van der Waals surface area contributed by atoms with Crippen molar-refractivity contribution in [2.75, 3.05) is 25.5 Å². The minimum atomic E-state index is 0.272. The first-order valence-electron chi connectivity index (χ1n) is 7.46. The summed E-state index contributed by atoms with van der Waals surface area (Å²) in [6, 6.07) is 9.53. The lowest BCUT2D eigenvalue weighted by molar-refractivity contribution is 0.331. The van der Waals surface area contributed by atoms with Crippen LogP contribution in [0.4, 0.5) is 5.69 Å². The minimum Gasteiger partial charge on any atom is -0.378 e. The van der Waals surface area contributed by atoms with Gasteiger partial charge in [-0.05, 0) is 37.0 Å².